The number of nitrogens with one attached hydrogen (secondary N) is 1. The Morgan fingerprint density at radius 2 is 2.06 bits per heavy atom. The first-order valence-corrected chi connectivity index (χ1v) is 5.61. The van der Waals surface area contributed by atoms with Crippen LogP contribution in [0.25, 0.3) is 0 Å². The van der Waals surface area contributed by atoms with Crippen molar-refractivity contribution >= 4 is 17.2 Å². The third-order valence-corrected chi connectivity index (χ3v) is 2.69. The van der Waals surface area contributed by atoms with Crippen LogP contribution in [0.4, 0.5) is 5.69 Å². The summed E-state index contributed by atoms with van der Waals surface area (Å²) in [6.07, 6.45) is 0. The lowest BCUT2D eigenvalue weighted by atomic mass is 10.1. The van der Waals surface area contributed by atoms with Crippen LogP contribution in [0.3, 0.4) is 0 Å². The molecule has 0 saturated heterocycles. The van der Waals surface area contributed by atoms with Crippen LogP contribution in [-0.4, -0.2) is 9.59 Å². The molecule has 1 aromatic carbocycles. The maximum absolute atomic E-state index is 8.88. The van der Waals surface area contributed by atoms with Gasteiger partial charge in [-0.15, -0.1) is 5.10 Å². The van der Waals surface area contributed by atoms with E-state index in [9.17, 15) is 0 Å². The summed E-state index contributed by atoms with van der Waals surface area (Å²) in [5, 5.41) is 26.5. The summed E-state index contributed by atoms with van der Waals surface area (Å²) in [7, 11) is 0. The normalized spacial score (nSPS) is 9.29. The van der Waals surface area contributed by atoms with E-state index >= 15 is 0 Å². The first-order valence-electron chi connectivity index (χ1n) is 4.77. The van der Waals surface area contributed by atoms with Crippen LogP contribution in [0.2, 0.25) is 0 Å². The first kappa shape index (κ1) is 11.1. The second kappa shape index (κ2) is 5.06. The molecule has 1 N–H and O–H groups in total. The van der Waals surface area contributed by atoms with Crippen molar-refractivity contribution in [2.24, 2.45) is 0 Å². The zero-order chi connectivity index (χ0) is 12.1. The predicted molar refractivity (Wildman–Crippen MR) is 63.1 cm³/mol. The Hall–Kier alpha value is -2.44. The summed E-state index contributed by atoms with van der Waals surface area (Å²) in [6, 6.07) is 9.00. The molecule has 0 fully saturated rings. The molecule has 0 bridgehead atoms. The molecule has 0 radical (unpaired) electrons. The maximum atomic E-state index is 8.88. The average Bonchev–Trinajstić information content (AvgIpc) is 2.89. The van der Waals surface area contributed by atoms with Crippen LogP contribution in [0.5, 0.6) is 0 Å². The van der Waals surface area contributed by atoms with Crippen molar-refractivity contribution < 1.29 is 0 Å². The molecule has 2 rings (SSSR count). The summed E-state index contributed by atoms with van der Waals surface area (Å²) >= 11 is 1.29. The van der Waals surface area contributed by atoms with Crippen molar-refractivity contribution in [3.63, 3.8) is 0 Å². The SMILES string of the molecule is N#Cc1ccc(NCc2csnn2)cc1C#N. The summed E-state index contributed by atoms with van der Waals surface area (Å²) in [5.41, 5.74) is 2.38. The Morgan fingerprint density at radius 1 is 1.24 bits per heavy atom. The molecule has 82 valence electrons. The van der Waals surface area contributed by atoms with Gasteiger partial charge >= 0.3 is 0 Å². The second-order valence-corrected chi connectivity index (χ2v) is 3.84. The highest BCUT2D eigenvalue weighted by Crippen LogP contribution is 2.15. The molecule has 6 heteroatoms. The van der Waals surface area contributed by atoms with E-state index in [4.69, 9.17) is 10.5 Å². The Balaban J connectivity index is 2.13. The minimum absolute atomic E-state index is 0.369. The molecule has 0 unspecified atom stereocenters. The minimum atomic E-state index is 0.369. The summed E-state index contributed by atoms with van der Waals surface area (Å²) in [6.45, 7) is 0.549. The molecule has 1 aromatic heterocycles. The van der Waals surface area contributed by atoms with Gasteiger partial charge in [0, 0.05) is 11.1 Å². The van der Waals surface area contributed by atoms with Crippen LogP contribution in [0, 0.1) is 22.7 Å². The molecule has 0 spiro atoms. The van der Waals surface area contributed by atoms with Crippen molar-refractivity contribution in [1.82, 2.24) is 9.59 Å². The molecular weight excluding hydrogens is 234 g/mol. The molecule has 0 saturated carbocycles. The lowest BCUT2D eigenvalue weighted by Crippen LogP contribution is -2.00. The minimum Gasteiger partial charge on any atom is -0.379 e. The predicted octanol–water partition coefficient (Wildman–Crippen LogP) is 1.89. The summed E-state index contributed by atoms with van der Waals surface area (Å²) < 4.78 is 3.75. The van der Waals surface area contributed by atoms with Crippen LogP contribution < -0.4 is 5.32 Å². The molecule has 0 atom stereocenters. The fourth-order valence-corrected chi connectivity index (χ4v) is 1.75. The highest BCUT2D eigenvalue weighted by Gasteiger charge is 2.03. The van der Waals surface area contributed by atoms with E-state index < -0.39 is 0 Å². The Labute approximate surface area is 102 Å². The van der Waals surface area contributed by atoms with E-state index in [-0.39, 0.29) is 0 Å². The van der Waals surface area contributed by atoms with Crippen LogP contribution >= 0.6 is 11.5 Å². The molecule has 0 aliphatic rings. The van der Waals surface area contributed by atoms with Crippen molar-refractivity contribution in [3.8, 4) is 12.1 Å². The summed E-state index contributed by atoms with van der Waals surface area (Å²) in [5.74, 6) is 0. The van der Waals surface area contributed by atoms with Gasteiger partial charge in [-0.3, -0.25) is 0 Å². The molecule has 0 aliphatic heterocycles. The highest BCUT2D eigenvalue weighted by molar-refractivity contribution is 7.03. The Morgan fingerprint density at radius 3 is 2.71 bits per heavy atom. The number of anilines is 1. The van der Waals surface area contributed by atoms with Gasteiger partial charge in [0.1, 0.15) is 12.1 Å². The van der Waals surface area contributed by atoms with Crippen LogP contribution in [0.1, 0.15) is 16.8 Å². The number of nitrogens with zero attached hydrogens (tertiary/aromatic N) is 4. The second-order valence-electron chi connectivity index (χ2n) is 3.23. The number of benzene rings is 1. The van der Waals surface area contributed by atoms with Crippen LogP contribution in [-0.2, 0) is 6.54 Å². The smallest absolute Gasteiger partial charge is 0.101 e. The van der Waals surface area contributed by atoms with Gasteiger partial charge in [0.15, 0.2) is 0 Å². The van der Waals surface area contributed by atoms with Crippen LogP contribution in [0.15, 0.2) is 23.6 Å². The van der Waals surface area contributed by atoms with Gasteiger partial charge in [-0.2, -0.15) is 10.5 Å². The number of hydrogen-bond acceptors (Lipinski definition) is 6. The third kappa shape index (κ3) is 2.57. The zero-order valence-electron chi connectivity index (χ0n) is 8.71. The van der Waals surface area contributed by atoms with Crippen molar-refractivity contribution in [2.75, 3.05) is 5.32 Å². The monoisotopic (exact) mass is 241 g/mol. The van der Waals surface area contributed by atoms with Gasteiger partial charge in [-0.05, 0) is 29.7 Å². The molecule has 17 heavy (non-hydrogen) atoms. The van der Waals surface area contributed by atoms with Gasteiger partial charge in [-0.25, -0.2) is 0 Å². The van der Waals surface area contributed by atoms with E-state index in [0.29, 0.717) is 17.7 Å². The lowest BCUT2D eigenvalue weighted by molar-refractivity contribution is 0.998. The highest BCUT2D eigenvalue weighted by atomic mass is 32.1. The van der Waals surface area contributed by atoms with E-state index in [1.807, 2.05) is 17.5 Å². The van der Waals surface area contributed by atoms with E-state index in [2.05, 4.69) is 14.9 Å². The van der Waals surface area contributed by atoms with Gasteiger partial charge in [0.25, 0.3) is 0 Å². The number of rotatable bonds is 3. The topological polar surface area (TPSA) is 85.4 Å². The fraction of sp³-hybridized carbons (Fsp3) is 0.0909. The lowest BCUT2D eigenvalue weighted by Gasteiger charge is -2.04. The van der Waals surface area contributed by atoms with Crippen molar-refractivity contribution in [2.45, 2.75) is 6.54 Å². The average molecular weight is 241 g/mol. The van der Waals surface area contributed by atoms with Gasteiger partial charge in [0.05, 0.1) is 23.4 Å². The maximum Gasteiger partial charge on any atom is 0.101 e. The third-order valence-electron chi connectivity index (χ3n) is 2.14. The van der Waals surface area contributed by atoms with Gasteiger partial charge < -0.3 is 5.32 Å². The standard InChI is InChI=1S/C11H7N5S/c12-4-8-1-2-10(3-9(8)5-13)14-6-11-7-17-16-15-11/h1-3,7,14H,6H2. The molecule has 2 aromatic rings. The fourth-order valence-electron chi connectivity index (χ4n) is 1.30. The number of nitriles is 2. The Bertz CT molecular complexity index is 591. The molecule has 1 heterocycles. The van der Waals surface area contributed by atoms with Gasteiger partial charge in [-0.1, -0.05) is 4.49 Å². The Kier molecular flexibility index (Phi) is 3.29. The zero-order valence-corrected chi connectivity index (χ0v) is 9.53. The quantitative estimate of drug-likeness (QED) is 0.886. The molecule has 0 amide bonds. The van der Waals surface area contributed by atoms with E-state index in [1.54, 1.807) is 18.2 Å². The van der Waals surface area contributed by atoms with E-state index in [0.717, 1.165) is 11.4 Å². The molecular formula is C11H7N5S. The number of hydrogen-bond donors (Lipinski definition) is 1. The van der Waals surface area contributed by atoms with Crippen molar-refractivity contribution in [3.05, 3.63) is 40.4 Å². The largest absolute Gasteiger partial charge is 0.379 e. The first-order chi connectivity index (χ1) is 8.33. The van der Waals surface area contributed by atoms with E-state index in [1.165, 1.54) is 11.5 Å². The van der Waals surface area contributed by atoms with Crippen molar-refractivity contribution in [1.29, 1.82) is 10.5 Å². The number of aromatic nitrogens is 2. The van der Waals surface area contributed by atoms with Gasteiger partial charge in [0.2, 0.25) is 0 Å². The summed E-state index contributed by atoms with van der Waals surface area (Å²) in [4.78, 5) is 0. The molecule has 5 nitrogen and oxygen atoms in total. The molecule has 0 aliphatic carbocycles.